The first-order valence-electron chi connectivity index (χ1n) is 8.22. The van der Waals surface area contributed by atoms with Gasteiger partial charge >= 0.3 is 0 Å². The van der Waals surface area contributed by atoms with Crippen LogP contribution in [0.3, 0.4) is 0 Å². The van der Waals surface area contributed by atoms with Crippen LogP contribution in [0.15, 0.2) is 42.5 Å². The molecule has 0 atom stereocenters. The molecule has 2 aromatic carbocycles. The summed E-state index contributed by atoms with van der Waals surface area (Å²) in [5, 5.41) is 2.69. The van der Waals surface area contributed by atoms with E-state index in [1.807, 2.05) is 0 Å². The van der Waals surface area contributed by atoms with E-state index >= 15 is 0 Å². The van der Waals surface area contributed by atoms with Crippen LogP contribution < -0.4 is 15.8 Å². The molecule has 0 aliphatic heterocycles. The standard InChI is InChI=1S/C19H21FN2O2.ClH/c20-17-11-15(9-10-18(17)24-16-3-1-2-4-16)22-19(23)14-7-5-13(12-21)6-8-14;/h5-11,16H,1-4,12,21H2,(H,22,23);1H. The van der Waals surface area contributed by atoms with E-state index in [-0.39, 0.29) is 30.2 Å². The molecule has 0 bridgehead atoms. The van der Waals surface area contributed by atoms with Crippen molar-refractivity contribution in [1.29, 1.82) is 0 Å². The Morgan fingerprint density at radius 2 is 1.84 bits per heavy atom. The number of ether oxygens (including phenoxy) is 1. The summed E-state index contributed by atoms with van der Waals surface area (Å²) in [5.74, 6) is -0.507. The maximum Gasteiger partial charge on any atom is 0.255 e. The fourth-order valence-electron chi connectivity index (χ4n) is 2.86. The first-order chi connectivity index (χ1) is 11.7. The summed E-state index contributed by atoms with van der Waals surface area (Å²) in [4.78, 5) is 12.2. The molecule has 0 radical (unpaired) electrons. The van der Waals surface area contributed by atoms with Crippen molar-refractivity contribution in [3.05, 3.63) is 59.4 Å². The summed E-state index contributed by atoms with van der Waals surface area (Å²) in [5.41, 5.74) is 7.39. The van der Waals surface area contributed by atoms with E-state index < -0.39 is 5.82 Å². The normalized spacial score (nSPS) is 14.0. The topological polar surface area (TPSA) is 64.4 Å². The molecule has 0 aromatic heterocycles. The van der Waals surface area contributed by atoms with E-state index in [9.17, 15) is 9.18 Å². The first-order valence-corrected chi connectivity index (χ1v) is 8.22. The fraction of sp³-hybridized carbons (Fsp3) is 0.316. The average Bonchev–Trinajstić information content (AvgIpc) is 3.10. The third-order valence-electron chi connectivity index (χ3n) is 4.24. The van der Waals surface area contributed by atoms with Gasteiger partial charge in [-0.3, -0.25) is 4.79 Å². The van der Waals surface area contributed by atoms with Gasteiger partial charge in [0.05, 0.1) is 6.10 Å². The predicted molar refractivity (Wildman–Crippen MR) is 98.8 cm³/mol. The Morgan fingerprint density at radius 3 is 2.44 bits per heavy atom. The Morgan fingerprint density at radius 1 is 1.16 bits per heavy atom. The molecule has 0 unspecified atom stereocenters. The summed E-state index contributed by atoms with van der Waals surface area (Å²) in [6.45, 7) is 0.426. The molecule has 25 heavy (non-hydrogen) atoms. The molecule has 0 saturated heterocycles. The Bertz CT molecular complexity index is 716. The highest BCUT2D eigenvalue weighted by Gasteiger charge is 2.18. The molecule has 134 valence electrons. The Kier molecular flexibility index (Phi) is 6.79. The molecule has 4 nitrogen and oxygen atoms in total. The largest absolute Gasteiger partial charge is 0.487 e. The Labute approximate surface area is 153 Å². The maximum absolute atomic E-state index is 14.2. The van der Waals surface area contributed by atoms with Crippen LogP contribution >= 0.6 is 12.4 Å². The third-order valence-corrected chi connectivity index (χ3v) is 4.24. The zero-order valence-corrected chi connectivity index (χ0v) is 14.7. The summed E-state index contributed by atoms with van der Waals surface area (Å²) >= 11 is 0. The molecule has 2 aromatic rings. The van der Waals surface area contributed by atoms with Crippen molar-refractivity contribution in [3.63, 3.8) is 0 Å². The molecule has 3 rings (SSSR count). The number of carbonyl (C=O) groups excluding carboxylic acids is 1. The lowest BCUT2D eigenvalue weighted by molar-refractivity contribution is 0.102. The van der Waals surface area contributed by atoms with Gasteiger partial charge in [-0.05, 0) is 55.5 Å². The average molecular weight is 365 g/mol. The number of benzene rings is 2. The lowest BCUT2D eigenvalue weighted by atomic mass is 10.1. The van der Waals surface area contributed by atoms with Crippen molar-refractivity contribution in [2.75, 3.05) is 5.32 Å². The van der Waals surface area contributed by atoms with Gasteiger partial charge < -0.3 is 15.8 Å². The molecular weight excluding hydrogens is 343 g/mol. The second-order valence-corrected chi connectivity index (χ2v) is 6.02. The summed E-state index contributed by atoms with van der Waals surface area (Å²) in [6.07, 6.45) is 4.29. The predicted octanol–water partition coefficient (Wildman–Crippen LogP) is 4.28. The van der Waals surface area contributed by atoms with E-state index in [4.69, 9.17) is 10.5 Å². The zero-order chi connectivity index (χ0) is 16.9. The monoisotopic (exact) mass is 364 g/mol. The smallest absolute Gasteiger partial charge is 0.255 e. The van der Waals surface area contributed by atoms with Crippen LogP contribution in [0.25, 0.3) is 0 Å². The highest BCUT2D eigenvalue weighted by molar-refractivity contribution is 6.04. The first kappa shape index (κ1) is 19.2. The molecule has 1 saturated carbocycles. The number of hydrogen-bond donors (Lipinski definition) is 2. The van der Waals surface area contributed by atoms with Crippen LogP contribution in [-0.4, -0.2) is 12.0 Å². The number of amides is 1. The second-order valence-electron chi connectivity index (χ2n) is 6.02. The quantitative estimate of drug-likeness (QED) is 0.832. The van der Waals surface area contributed by atoms with Crippen LogP contribution in [0.5, 0.6) is 5.75 Å². The molecule has 0 spiro atoms. The molecule has 1 amide bonds. The van der Waals surface area contributed by atoms with Crippen LogP contribution in [0, 0.1) is 5.82 Å². The van der Waals surface area contributed by atoms with Crippen molar-refractivity contribution in [3.8, 4) is 5.75 Å². The van der Waals surface area contributed by atoms with Crippen LogP contribution in [-0.2, 0) is 6.54 Å². The Hall–Kier alpha value is -2.11. The molecule has 3 N–H and O–H groups in total. The van der Waals surface area contributed by atoms with E-state index in [0.29, 0.717) is 17.8 Å². The van der Waals surface area contributed by atoms with Gasteiger partial charge in [-0.2, -0.15) is 0 Å². The van der Waals surface area contributed by atoms with Crippen LogP contribution in [0.4, 0.5) is 10.1 Å². The number of nitrogens with one attached hydrogen (secondary N) is 1. The fourth-order valence-corrected chi connectivity index (χ4v) is 2.86. The lowest BCUT2D eigenvalue weighted by Crippen LogP contribution is -2.14. The highest BCUT2D eigenvalue weighted by atomic mass is 35.5. The summed E-state index contributed by atoms with van der Waals surface area (Å²) in [6, 6.07) is 11.5. The molecular formula is C19H22ClFN2O2. The van der Waals surface area contributed by atoms with Gasteiger partial charge in [0.1, 0.15) is 0 Å². The van der Waals surface area contributed by atoms with Crippen molar-refractivity contribution in [2.24, 2.45) is 5.73 Å². The minimum absolute atomic E-state index is 0. The van der Waals surface area contributed by atoms with Crippen molar-refractivity contribution in [1.82, 2.24) is 0 Å². The van der Waals surface area contributed by atoms with E-state index in [1.165, 1.54) is 6.07 Å². The summed E-state index contributed by atoms with van der Waals surface area (Å²) < 4.78 is 19.8. The van der Waals surface area contributed by atoms with Gasteiger partial charge in [-0.15, -0.1) is 12.4 Å². The van der Waals surface area contributed by atoms with Crippen molar-refractivity contribution >= 4 is 24.0 Å². The maximum atomic E-state index is 14.2. The summed E-state index contributed by atoms with van der Waals surface area (Å²) in [7, 11) is 0. The SMILES string of the molecule is Cl.NCc1ccc(C(=O)Nc2ccc(OC3CCCC3)c(F)c2)cc1. The number of halogens is 2. The van der Waals surface area contributed by atoms with Crippen LogP contribution in [0.2, 0.25) is 0 Å². The van der Waals surface area contributed by atoms with Gasteiger partial charge in [-0.1, -0.05) is 12.1 Å². The number of carbonyl (C=O) groups is 1. The molecule has 1 aliphatic rings. The van der Waals surface area contributed by atoms with Crippen LogP contribution in [0.1, 0.15) is 41.6 Å². The Balaban J connectivity index is 0.00000225. The molecule has 1 aliphatic carbocycles. The minimum atomic E-state index is -0.460. The van der Waals surface area contributed by atoms with E-state index in [1.54, 1.807) is 36.4 Å². The van der Waals surface area contributed by atoms with Gasteiger partial charge in [0.25, 0.3) is 5.91 Å². The molecule has 6 heteroatoms. The van der Waals surface area contributed by atoms with Gasteiger partial charge in [0.2, 0.25) is 0 Å². The van der Waals surface area contributed by atoms with Crippen molar-refractivity contribution < 1.29 is 13.9 Å². The lowest BCUT2D eigenvalue weighted by Gasteiger charge is -2.14. The van der Waals surface area contributed by atoms with Crippen molar-refractivity contribution in [2.45, 2.75) is 38.3 Å². The number of nitrogens with two attached hydrogens (primary N) is 1. The van der Waals surface area contributed by atoms with E-state index in [0.717, 1.165) is 31.2 Å². The molecule has 0 heterocycles. The van der Waals surface area contributed by atoms with Gasteiger partial charge in [-0.25, -0.2) is 4.39 Å². The minimum Gasteiger partial charge on any atom is -0.487 e. The highest BCUT2D eigenvalue weighted by Crippen LogP contribution is 2.27. The van der Waals surface area contributed by atoms with Gasteiger partial charge in [0.15, 0.2) is 11.6 Å². The molecule has 1 fully saturated rings. The number of rotatable bonds is 5. The number of hydrogen-bond acceptors (Lipinski definition) is 3. The third kappa shape index (κ3) is 4.94. The zero-order valence-electron chi connectivity index (χ0n) is 13.8. The van der Waals surface area contributed by atoms with Gasteiger partial charge in [0, 0.05) is 23.9 Å². The second kappa shape index (κ2) is 8.83. The van der Waals surface area contributed by atoms with E-state index in [2.05, 4.69) is 5.32 Å². The number of anilines is 1.